The third-order valence-corrected chi connectivity index (χ3v) is 5.61. The quantitative estimate of drug-likeness (QED) is 0.900. The third-order valence-electron chi connectivity index (χ3n) is 1.97. The van der Waals surface area contributed by atoms with E-state index in [4.69, 9.17) is 5.11 Å². The Morgan fingerprint density at radius 1 is 1.50 bits per heavy atom. The van der Waals surface area contributed by atoms with Gasteiger partial charge in [0.2, 0.25) is 0 Å². The van der Waals surface area contributed by atoms with Crippen molar-refractivity contribution in [2.75, 3.05) is 4.72 Å². The molecule has 0 unspecified atom stereocenters. The predicted molar refractivity (Wildman–Crippen MR) is 68.9 cm³/mol. The van der Waals surface area contributed by atoms with Gasteiger partial charge in [0.15, 0.2) is 4.21 Å². The number of thiazole rings is 1. The molecule has 6 nitrogen and oxygen atoms in total. The Hall–Kier alpha value is -1.45. The molecule has 0 bridgehead atoms. The smallest absolute Gasteiger partial charge is 0.348 e. The summed E-state index contributed by atoms with van der Waals surface area (Å²) in [6.07, 6.45) is 1.25. The van der Waals surface area contributed by atoms with Gasteiger partial charge in [0.25, 0.3) is 10.0 Å². The maximum Gasteiger partial charge on any atom is 0.348 e. The van der Waals surface area contributed by atoms with E-state index in [1.807, 2.05) is 0 Å². The fraction of sp³-hybridized carbons (Fsp3) is 0.111. The van der Waals surface area contributed by atoms with Crippen molar-refractivity contribution in [1.82, 2.24) is 4.98 Å². The van der Waals surface area contributed by atoms with Crippen LogP contribution in [-0.2, 0) is 10.0 Å². The molecule has 0 radical (unpaired) electrons. The molecule has 2 N–H and O–H groups in total. The van der Waals surface area contributed by atoms with Crippen LogP contribution in [-0.4, -0.2) is 24.5 Å². The number of sulfonamides is 1. The lowest BCUT2D eigenvalue weighted by molar-refractivity contribution is 0.0703. The highest BCUT2D eigenvalue weighted by Gasteiger charge is 2.21. The number of aromatic nitrogens is 1. The lowest BCUT2D eigenvalue weighted by Crippen LogP contribution is -2.13. The summed E-state index contributed by atoms with van der Waals surface area (Å²) in [4.78, 5) is 14.7. The molecule has 0 fully saturated rings. The Bertz CT molecular complexity index is 686. The summed E-state index contributed by atoms with van der Waals surface area (Å²) < 4.78 is 26.2. The number of nitrogens with one attached hydrogen (secondary N) is 1. The molecule has 2 aromatic rings. The Morgan fingerprint density at radius 2 is 2.22 bits per heavy atom. The first kappa shape index (κ1) is 13.0. The molecule has 96 valence electrons. The molecule has 2 heterocycles. The molecular formula is C9H8N2O4S3. The van der Waals surface area contributed by atoms with Crippen molar-refractivity contribution in [3.63, 3.8) is 0 Å². The SMILES string of the molecule is Cc1ncc(S(=O)(=O)Nc2ccsc2C(=O)O)s1. The van der Waals surface area contributed by atoms with Crippen molar-refractivity contribution in [3.05, 3.63) is 27.5 Å². The average molecular weight is 304 g/mol. The standard InChI is InChI=1S/C9H8N2O4S3/c1-5-10-4-7(17-5)18(14,15)11-6-2-3-16-8(6)9(12)13/h2-4,11H,1H3,(H,12,13). The molecule has 0 saturated carbocycles. The van der Waals surface area contributed by atoms with Crippen molar-refractivity contribution < 1.29 is 18.3 Å². The van der Waals surface area contributed by atoms with E-state index in [9.17, 15) is 13.2 Å². The van der Waals surface area contributed by atoms with E-state index in [1.165, 1.54) is 17.6 Å². The highest BCUT2D eigenvalue weighted by atomic mass is 32.2. The van der Waals surface area contributed by atoms with Gasteiger partial charge >= 0.3 is 5.97 Å². The van der Waals surface area contributed by atoms with Gasteiger partial charge in [0.1, 0.15) is 4.88 Å². The van der Waals surface area contributed by atoms with E-state index in [0.717, 1.165) is 22.7 Å². The molecule has 2 aromatic heterocycles. The van der Waals surface area contributed by atoms with Crippen LogP contribution >= 0.6 is 22.7 Å². The highest BCUT2D eigenvalue weighted by Crippen LogP contribution is 2.26. The normalized spacial score (nSPS) is 11.4. The van der Waals surface area contributed by atoms with E-state index < -0.39 is 16.0 Å². The average Bonchev–Trinajstić information content (AvgIpc) is 2.86. The van der Waals surface area contributed by atoms with Gasteiger partial charge in [-0.3, -0.25) is 4.72 Å². The first-order valence-corrected chi connectivity index (χ1v) is 7.84. The van der Waals surface area contributed by atoms with Crippen LogP contribution in [0.2, 0.25) is 0 Å². The van der Waals surface area contributed by atoms with Gasteiger partial charge in [-0.15, -0.1) is 22.7 Å². The van der Waals surface area contributed by atoms with Gasteiger partial charge in [0.05, 0.1) is 16.9 Å². The number of aromatic carboxylic acids is 1. The van der Waals surface area contributed by atoms with Gasteiger partial charge < -0.3 is 5.11 Å². The zero-order chi connectivity index (χ0) is 13.3. The fourth-order valence-electron chi connectivity index (χ4n) is 1.22. The molecule has 0 aliphatic heterocycles. The Balaban J connectivity index is 2.34. The lowest BCUT2D eigenvalue weighted by atomic mass is 10.4. The lowest BCUT2D eigenvalue weighted by Gasteiger charge is -2.04. The van der Waals surface area contributed by atoms with E-state index >= 15 is 0 Å². The Morgan fingerprint density at radius 3 is 2.78 bits per heavy atom. The number of carbonyl (C=O) groups is 1. The van der Waals surface area contributed by atoms with Gasteiger partial charge in [-0.05, 0) is 18.4 Å². The van der Waals surface area contributed by atoms with Crippen molar-refractivity contribution in [1.29, 1.82) is 0 Å². The van der Waals surface area contributed by atoms with Gasteiger partial charge in [-0.2, -0.15) is 0 Å². The van der Waals surface area contributed by atoms with Crippen LogP contribution in [0.5, 0.6) is 0 Å². The van der Waals surface area contributed by atoms with E-state index in [1.54, 1.807) is 6.92 Å². The summed E-state index contributed by atoms with van der Waals surface area (Å²) in [7, 11) is -3.77. The third kappa shape index (κ3) is 2.52. The minimum atomic E-state index is -3.77. The second-order valence-corrected chi connectivity index (χ2v) is 7.33. The fourth-order valence-corrected chi connectivity index (χ4v) is 4.15. The number of nitrogens with zero attached hydrogens (tertiary/aromatic N) is 1. The number of carboxylic acids is 1. The predicted octanol–water partition coefficient (Wildman–Crippen LogP) is 2.01. The van der Waals surface area contributed by atoms with Crippen LogP contribution in [0.4, 0.5) is 5.69 Å². The number of rotatable bonds is 4. The number of hydrogen-bond donors (Lipinski definition) is 2. The Kier molecular flexibility index (Phi) is 3.37. The van der Waals surface area contributed by atoms with Crippen LogP contribution in [0.1, 0.15) is 14.7 Å². The molecule has 0 aliphatic rings. The number of hydrogen-bond acceptors (Lipinski definition) is 6. The number of thiophene rings is 1. The maximum atomic E-state index is 12.0. The van der Waals surface area contributed by atoms with Crippen molar-refractivity contribution in [2.45, 2.75) is 11.1 Å². The van der Waals surface area contributed by atoms with Gasteiger partial charge in [0, 0.05) is 0 Å². The Labute approximate surface area is 111 Å². The van der Waals surface area contributed by atoms with Crippen molar-refractivity contribution in [3.8, 4) is 0 Å². The minimum absolute atomic E-state index is 0.0418. The summed E-state index contributed by atoms with van der Waals surface area (Å²) in [6, 6.07) is 1.42. The monoisotopic (exact) mass is 304 g/mol. The molecular weight excluding hydrogens is 296 g/mol. The first-order valence-electron chi connectivity index (χ1n) is 4.66. The molecule has 0 amide bonds. The molecule has 9 heteroatoms. The zero-order valence-corrected chi connectivity index (χ0v) is 11.5. The largest absolute Gasteiger partial charge is 0.477 e. The molecule has 2 rings (SSSR count). The van der Waals surface area contributed by atoms with Crippen molar-refractivity contribution >= 4 is 44.4 Å². The summed E-state index contributed by atoms with van der Waals surface area (Å²) in [5.41, 5.74) is 0.0681. The van der Waals surface area contributed by atoms with Crippen LogP contribution < -0.4 is 4.72 Å². The molecule has 0 aromatic carbocycles. The molecule has 0 atom stereocenters. The van der Waals surface area contributed by atoms with E-state index in [-0.39, 0.29) is 14.8 Å². The summed E-state index contributed by atoms with van der Waals surface area (Å²) in [5, 5.41) is 11.0. The second kappa shape index (κ2) is 4.67. The number of anilines is 1. The topological polar surface area (TPSA) is 96.4 Å². The number of carboxylic acid groups (broad SMARTS) is 1. The molecule has 0 spiro atoms. The highest BCUT2D eigenvalue weighted by molar-refractivity contribution is 7.94. The molecule has 0 aliphatic carbocycles. The van der Waals surface area contributed by atoms with Gasteiger partial charge in [-0.25, -0.2) is 18.2 Å². The second-order valence-electron chi connectivity index (χ2n) is 3.27. The zero-order valence-electron chi connectivity index (χ0n) is 9.08. The van der Waals surface area contributed by atoms with E-state index in [2.05, 4.69) is 9.71 Å². The first-order chi connectivity index (χ1) is 8.40. The minimum Gasteiger partial charge on any atom is -0.477 e. The van der Waals surface area contributed by atoms with Gasteiger partial charge in [-0.1, -0.05) is 0 Å². The van der Waals surface area contributed by atoms with Crippen molar-refractivity contribution in [2.24, 2.45) is 0 Å². The number of aryl methyl sites for hydroxylation is 1. The van der Waals surface area contributed by atoms with Crippen LogP contribution in [0.3, 0.4) is 0 Å². The molecule has 18 heavy (non-hydrogen) atoms. The summed E-state index contributed by atoms with van der Waals surface area (Å²) in [5.74, 6) is -1.16. The summed E-state index contributed by atoms with van der Waals surface area (Å²) >= 11 is 1.99. The summed E-state index contributed by atoms with van der Waals surface area (Å²) in [6.45, 7) is 1.69. The van der Waals surface area contributed by atoms with Crippen LogP contribution in [0.25, 0.3) is 0 Å². The van der Waals surface area contributed by atoms with E-state index in [0.29, 0.717) is 5.01 Å². The van der Waals surface area contributed by atoms with Crippen LogP contribution in [0, 0.1) is 6.92 Å². The maximum absolute atomic E-state index is 12.0. The molecule has 0 saturated heterocycles. The van der Waals surface area contributed by atoms with Crippen LogP contribution in [0.15, 0.2) is 21.9 Å².